The average molecular weight is 305 g/mol. The molecule has 0 aromatic heterocycles. The van der Waals surface area contributed by atoms with Crippen LogP contribution in [0.4, 0.5) is 4.39 Å². The second-order valence-electron chi connectivity index (χ2n) is 5.41. The molecule has 1 aliphatic rings. The Balaban J connectivity index is 0.00000324. The normalized spacial score (nSPS) is 17.5. The van der Waals surface area contributed by atoms with Crippen LogP contribution in [-0.4, -0.2) is 68.6 Å². The van der Waals surface area contributed by atoms with E-state index in [0.29, 0.717) is 12.8 Å². The molecule has 0 amide bonds. The topological polar surface area (TPSA) is 69.7 Å². The molecule has 0 heterocycles. The molecular formula is C11H19FNaO5S. The molecule has 0 saturated heterocycles. The molecule has 0 N–H and O–H groups in total. The minimum Gasteiger partial charge on any atom is -0.457 e. The van der Waals surface area contributed by atoms with Crippen LogP contribution in [0.2, 0.25) is 0 Å². The van der Waals surface area contributed by atoms with Crippen LogP contribution in [0.15, 0.2) is 0 Å². The first-order valence-corrected chi connectivity index (χ1v) is 7.29. The number of ether oxygens (including phenoxy) is 1. The van der Waals surface area contributed by atoms with Crippen LogP contribution in [0, 0.1) is 5.41 Å². The number of halogens is 1. The van der Waals surface area contributed by atoms with Crippen LogP contribution in [0.3, 0.4) is 0 Å². The van der Waals surface area contributed by atoms with Crippen molar-refractivity contribution in [1.82, 2.24) is 0 Å². The van der Waals surface area contributed by atoms with Gasteiger partial charge in [0, 0.05) is 29.6 Å². The molecule has 1 fully saturated rings. The van der Waals surface area contributed by atoms with Gasteiger partial charge in [-0.2, -0.15) is 8.42 Å². The molecule has 0 spiro atoms. The number of carbonyl (C=O) groups is 1. The summed E-state index contributed by atoms with van der Waals surface area (Å²) in [7, 11) is -3.62. The van der Waals surface area contributed by atoms with E-state index in [9.17, 15) is 17.6 Å². The summed E-state index contributed by atoms with van der Waals surface area (Å²) in [6.45, 7) is 3.46. The summed E-state index contributed by atoms with van der Waals surface area (Å²) in [6, 6.07) is 0. The van der Waals surface area contributed by atoms with Crippen LogP contribution < -0.4 is 0 Å². The Kier molecular flexibility index (Phi) is 7.48. The summed E-state index contributed by atoms with van der Waals surface area (Å²) in [5.41, 5.74) is -0.761. The fourth-order valence-electron chi connectivity index (χ4n) is 1.06. The summed E-state index contributed by atoms with van der Waals surface area (Å²) in [5.74, 6) is -0.586. The first kappa shape index (κ1) is 19.3. The van der Waals surface area contributed by atoms with Crippen molar-refractivity contribution >= 4 is 45.6 Å². The first-order chi connectivity index (χ1) is 8.16. The van der Waals surface area contributed by atoms with Crippen molar-refractivity contribution in [2.24, 2.45) is 5.41 Å². The van der Waals surface area contributed by atoms with Gasteiger partial charge in [0.25, 0.3) is 10.1 Å². The third-order valence-electron chi connectivity index (χ3n) is 2.41. The monoisotopic (exact) mass is 305 g/mol. The van der Waals surface area contributed by atoms with Crippen molar-refractivity contribution in [3.8, 4) is 0 Å². The summed E-state index contributed by atoms with van der Waals surface area (Å²) in [4.78, 5) is 11.5. The molecule has 0 bridgehead atoms. The second-order valence-corrected chi connectivity index (χ2v) is 7.30. The average Bonchev–Trinajstić information content (AvgIpc) is 3.06. The number of rotatable bonds is 6. The van der Waals surface area contributed by atoms with Gasteiger partial charge in [-0.3, -0.25) is 8.98 Å². The number of hydrogen-bond donors (Lipinski definition) is 0. The van der Waals surface area contributed by atoms with Crippen LogP contribution in [-0.2, 0) is 23.8 Å². The van der Waals surface area contributed by atoms with Gasteiger partial charge in [0.05, 0.1) is 10.7 Å². The Hall–Kier alpha value is 0.310. The minimum atomic E-state index is -3.62. The first-order valence-electron chi connectivity index (χ1n) is 5.82. The molecular weight excluding hydrogens is 286 g/mol. The molecule has 0 aliphatic heterocycles. The Morgan fingerprint density at radius 2 is 1.89 bits per heavy atom. The zero-order valence-corrected chi connectivity index (χ0v) is 14.6. The third-order valence-corrected chi connectivity index (χ3v) is 4.16. The van der Waals surface area contributed by atoms with Crippen molar-refractivity contribution < 1.29 is 26.5 Å². The standard InChI is InChI=1S/C11H19FO5S.Na/c1-11(2,3)10(13)17-8(6-12)7-16-18(14,15)9-4-5-9;/h8-9H,4-7H2,1-3H3;/t8-;/m1./s1. The number of carbonyl (C=O) groups excluding carboxylic acids is 1. The molecule has 1 atom stereocenters. The molecule has 1 aliphatic carbocycles. The van der Waals surface area contributed by atoms with Crippen molar-refractivity contribution in [3.05, 3.63) is 0 Å². The van der Waals surface area contributed by atoms with Crippen molar-refractivity contribution in [2.45, 2.75) is 45.0 Å². The Morgan fingerprint density at radius 3 is 2.26 bits per heavy atom. The fraction of sp³-hybridized carbons (Fsp3) is 0.909. The van der Waals surface area contributed by atoms with Crippen molar-refractivity contribution in [2.75, 3.05) is 13.3 Å². The second kappa shape index (κ2) is 7.36. The molecule has 1 rings (SSSR count). The smallest absolute Gasteiger partial charge is 0.311 e. The molecule has 8 heteroatoms. The van der Waals surface area contributed by atoms with Crippen molar-refractivity contribution in [3.63, 3.8) is 0 Å². The minimum absolute atomic E-state index is 0. The maximum absolute atomic E-state index is 12.6. The largest absolute Gasteiger partial charge is 0.457 e. The van der Waals surface area contributed by atoms with Gasteiger partial charge in [-0.25, -0.2) is 4.39 Å². The van der Waals surface area contributed by atoms with Gasteiger partial charge >= 0.3 is 5.97 Å². The summed E-state index contributed by atoms with van der Waals surface area (Å²) >= 11 is 0. The van der Waals surface area contributed by atoms with Crippen LogP contribution in [0.25, 0.3) is 0 Å². The number of hydrogen-bond acceptors (Lipinski definition) is 5. The van der Waals surface area contributed by atoms with Crippen LogP contribution in [0.5, 0.6) is 0 Å². The van der Waals surface area contributed by atoms with Crippen molar-refractivity contribution in [1.29, 1.82) is 0 Å². The van der Waals surface area contributed by atoms with E-state index < -0.39 is 46.1 Å². The zero-order valence-electron chi connectivity index (χ0n) is 11.8. The predicted molar refractivity (Wildman–Crippen MR) is 69.0 cm³/mol. The zero-order chi connectivity index (χ0) is 14.0. The summed E-state index contributed by atoms with van der Waals surface area (Å²) in [5, 5.41) is -0.476. The molecule has 0 aromatic carbocycles. The molecule has 5 nitrogen and oxygen atoms in total. The van der Waals surface area contributed by atoms with Gasteiger partial charge in [-0.1, -0.05) is 0 Å². The number of esters is 1. The van der Waals surface area contributed by atoms with Crippen LogP contribution in [0.1, 0.15) is 33.6 Å². The predicted octanol–water partition coefficient (Wildman–Crippen LogP) is 1.04. The molecule has 1 saturated carbocycles. The van der Waals surface area contributed by atoms with E-state index in [-0.39, 0.29) is 29.6 Å². The Labute approximate surface area is 135 Å². The third kappa shape index (κ3) is 6.53. The SMILES string of the molecule is CC(C)(C)C(=O)O[C@H](CF)COS(=O)(=O)C1CC1.[Na]. The molecule has 107 valence electrons. The van der Waals surface area contributed by atoms with E-state index in [1.54, 1.807) is 20.8 Å². The maximum atomic E-state index is 12.6. The Bertz CT molecular complexity index is 400. The summed E-state index contributed by atoms with van der Waals surface area (Å²) in [6.07, 6.45) is -0.0281. The van der Waals surface area contributed by atoms with E-state index in [4.69, 9.17) is 4.74 Å². The van der Waals surface area contributed by atoms with Gasteiger partial charge in [-0.15, -0.1) is 0 Å². The van der Waals surface area contributed by atoms with E-state index >= 15 is 0 Å². The molecule has 19 heavy (non-hydrogen) atoms. The van der Waals surface area contributed by atoms with Gasteiger partial charge in [0.15, 0.2) is 6.10 Å². The maximum Gasteiger partial charge on any atom is 0.311 e. The van der Waals surface area contributed by atoms with Gasteiger partial charge in [-0.05, 0) is 33.6 Å². The molecule has 0 aromatic rings. The van der Waals surface area contributed by atoms with Gasteiger partial charge < -0.3 is 4.74 Å². The van der Waals surface area contributed by atoms with E-state index in [1.165, 1.54) is 0 Å². The van der Waals surface area contributed by atoms with Crippen LogP contribution >= 0.6 is 0 Å². The van der Waals surface area contributed by atoms with E-state index in [1.807, 2.05) is 0 Å². The molecule has 1 radical (unpaired) electrons. The summed E-state index contributed by atoms with van der Waals surface area (Å²) < 4.78 is 45.0. The van der Waals surface area contributed by atoms with E-state index in [2.05, 4.69) is 4.18 Å². The van der Waals surface area contributed by atoms with E-state index in [0.717, 1.165) is 0 Å². The van der Waals surface area contributed by atoms with Gasteiger partial charge in [0.2, 0.25) is 0 Å². The number of alkyl halides is 1. The Morgan fingerprint density at radius 1 is 1.37 bits per heavy atom. The molecule has 0 unspecified atom stereocenters. The fourth-order valence-corrected chi connectivity index (χ4v) is 2.31. The van der Waals surface area contributed by atoms with Gasteiger partial charge in [0.1, 0.15) is 13.3 Å². The quantitative estimate of drug-likeness (QED) is 0.417.